The van der Waals surface area contributed by atoms with Crippen molar-refractivity contribution in [2.24, 2.45) is 0 Å². The van der Waals surface area contributed by atoms with Crippen LogP contribution in [0.5, 0.6) is 0 Å². The molecule has 252 valence electrons. The topological polar surface area (TPSA) is 52.6 Å². The fourth-order valence-corrected chi connectivity index (χ4v) is 5.07. The van der Waals surface area contributed by atoms with Gasteiger partial charge < -0.3 is 9.47 Å². The molecule has 0 aromatic carbocycles. The molecular weight excluding hydrogens is 544 g/mol. The molecule has 0 heterocycles. The van der Waals surface area contributed by atoms with Crippen LogP contribution < -0.4 is 0 Å². The summed E-state index contributed by atoms with van der Waals surface area (Å²) in [7, 11) is 0. The highest BCUT2D eigenvalue weighted by Crippen LogP contribution is 2.14. The van der Waals surface area contributed by atoms with E-state index >= 15 is 0 Å². The number of unbranched alkanes of at least 4 members (excludes halogenated alkanes) is 24. The van der Waals surface area contributed by atoms with Crippen molar-refractivity contribution in [2.75, 3.05) is 0 Å². The Balaban J connectivity index is 3.59. The van der Waals surface area contributed by atoms with E-state index in [9.17, 15) is 9.59 Å². The van der Waals surface area contributed by atoms with Gasteiger partial charge in [-0.1, -0.05) is 179 Å². The number of allylic oxidation sites excluding steroid dienone is 6. The molecule has 0 amide bonds. The second-order valence-electron chi connectivity index (χ2n) is 12.1. The van der Waals surface area contributed by atoms with E-state index in [1.54, 1.807) is 12.2 Å². The zero-order valence-corrected chi connectivity index (χ0v) is 28.8. The van der Waals surface area contributed by atoms with Crippen molar-refractivity contribution < 1.29 is 19.1 Å². The lowest BCUT2D eigenvalue weighted by Crippen LogP contribution is -1.98. The Hall–Kier alpha value is -2.36. The van der Waals surface area contributed by atoms with Gasteiger partial charge in [0.2, 0.25) is 0 Å². The number of hydrogen-bond donors (Lipinski definition) is 0. The van der Waals surface area contributed by atoms with Gasteiger partial charge >= 0.3 is 11.9 Å². The molecule has 4 nitrogen and oxygen atoms in total. The third-order valence-electron chi connectivity index (χ3n) is 7.82. The standard InChI is InChI=1S/C40H68O4/c1-3-5-7-9-11-13-15-17-19-21-23-25-27-29-31-33-37-43-39(41)35-36-40(42)44-38-34-32-30-28-26-24-22-20-18-16-14-12-10-8-6-4-2/h29-38H,3-28H2,1-2H3/b31-29?,32-30?,36-35-,37-33?,38-34?. The summed E-state index contributed by atoms with van der Waals surface area (Å²) in [5.74, 6) is -1.22. The number of carbonyl (C=O) groups excluding carboxylic acids is 2. The molecule has 0 aromatic rings. The maximum absolute atomic E-state index is 11.7. The molecule has 0 spiro atoms. The van der Waals surface area contributed by atoms with Crippen molar-refractivity contribution in [1.29, 1.82) is 0 Å². The molecule has 0 atom stereocenters. The first-order valence-electron chi connectivity index (χ1n) is 18.4. The van der Waals surface area contributed by atoms with Gasteiger partial charge in [0.15, 0.2) is 0 Å². The molecule has 0 N–H and O–H groups in total. The quantitative estimate of drug-likeness (QED) is 0.0249. The van der Waals surface area contributed by atoms with Crippen LogP contribution in [0.3, 0.4) is 0 Å². The molecule has 0 unspecified atom stereocenters. The Labute approximate surface area is 272 Å². The lowest BCUT2D eigenvalue weighted by Gasteiger charge is -2.02. The number of hydrogen-bond acceptors (Lipinski definition) is 4. The molecule has 0 bridgehead atoms. The average molecular weight is 613 g/mol. The third kappa shape index (κ3) is 35.8. The number of ether oxygens (including phenoxy) is 2. The van der Waals surface area contributed by atoms with Gasteiger partial charge in [0.25, 0.3) is 0 Å². The monoisotopic (exact) mass is 613 g/mol. The van der Waals surface area contributed by atoms with E-state index in [0.29, 0.717) is 0 Å². The van der Waals surface area contributed by atoms with Crippen molar-refractivity contribution in [3.63, 3.8) is 0 Å². The van der Waals surface area contributed by atoms with Crippen molar-refractivity contribution in [3.8, 4) is 0 Å². The van der Waals surface area contributed by atoms with Crippen LogP contribution in [0.2, 0.25) is 0 Å². The lowest BCUT2D eigenvalue weighted by molar-refractivity contribution is -0.135. The highest BCUT2D eigenvalue weighted by molar-refractivity contribution is 5.92. The van der Waals surface area contributed by atoms with E-state index in [0.717, 1.165) is 25.0 Å². The number of esters is 2. The summed E-state index contributed by atoms with van der Waals surface area (Å²) in [6, 6.07) is 0. The first-order valence-corrected chi connectivity index (χ1v) is 18.4. The van der Waals surface area contributed by atoms with Crippen LogP contribution >= 0.6 is 0 Å². The van der Waals surface area contributed by atoms with Gasteiger partial charge in [-0.15, -0.1) is 0 Å². The van der Waals surface area contributed by atoms with Crippen LogP contribution in [0.25, 0.3) is 0 Å². The van der Waals surface area contributed by atoms with Gasteiger partial charge in [-0.05, 0) is 37.8 Å². The molecule has 0 saturated heterocycles. The second-order valence-corrected chi connectivity index (χ2v) is 12.1. The van der Waals surface area contributed by atoms with Crippen LogP contribution in [-0.4, -0.2) is 11.9 Å². The maximum atomic E-state index is 11.7. The Bertz CT molecular complexity index is 710. The van der Waals surface area contributed by atoms with Crippen molar-refractivity contribution in [1.82, 2.24) is 0 Å². The van der Waals surface area contributed by atoms with Gasteiger partial charge in [-0.3, -0.25) is 0 Å². The van der Waals surface area contributed by atoms with Gasteiger partial charge in [0, 0.05) is 12.2 Å². The highest BCUT2D eigenvalue weighted by Gasteiger charge is 1.98. The average Bonchev–Trinajstić information content (AvgIpc) is 3.03. The van der Waals surface area contributed by atoms with E-state index in [1.807, 2.05) is 12.2 Å². The largest absolute Gasteiger partial charge is 0.431 e. The molecule has 44 heavy (non-hydrogen) atoms. The maximum Gasteiger partial charge on any atom is 0.335 e. The zero-order valence-electron chi connectivity index (χ0n) is 28.8. The minimum atomic E-state index is -0.612. The van der Waals surface area contributed by atoms with E-state index in [-0.39, 0.29) is 0 Å². The lowest BCUT2D eigenvalue weighted by atomic mass is 10.0. The van der Waals surface area contributed by atoms with Crippen LogP contribution in [0.15, 0.2) is 61.1 Å². The second kappa shape index (κ2) is 36.8. The molecule has 0 rings (SSSR count). The summed E-state index contributed by atoms with van der Waals surface area (Å²) in [5, 5.41) is 0. The van der Waals surface area contributed by atoms with Crippen LogP contribution in [0, 0.1) is 0 Å². The highest BCUT2D eigenvalue weighted by atomic mass is 16.5. The van der Waals surface area contributed by atoms with Crippen LogP contribution in [0.4, 0.5) is 0 Å². The molecule has 0 saturated carbocycles. The Morgan fingerprint density at radius 1 is 0.386 bits per heavy atom. The molecule has 4 heteroatoms. The van der Waals surface area contributed by atoms with Gasteiger partial charge in [-0.2, -0.15) is 0 Å². The minimum absolute atomic E-state index is 0.612. The van der Waals surface area contributed by atoms with Crippen LogP contribution in [0.1, 0.15) is 181 Å². The smallest absolute Gasteiger partial charge is 0.335 e. The van der Waals surface area contributed by atoms with Crippen molar-refractivity contribution in [2.45, 2.75) is 181 Å². The summed E-state index contributed by atoms with van der Waals surface area (Å²) >= 11 is 0. The van der Waals surface area contributed by atoms with Gasteiger partial charge in [0.05, 0.1) is 12.5 Å². The zero-order chi connectivity index (χ0) is 32.0. The predicted octanol–water partition coefficient (Wildman–Crippen LogP) is 13.0. The molecule has 0 aliphatic heterocycles. The first kappa shape index (κ1) is 41.6. The number of rotatable bonds is 32. The summed E-state index contributed by atoms with van der Waals surface area (Å²) in [5.41, 5.74) is 0. The SMILES string of the molecule is CCCCCCCCCCCCCCC=CC=COC(=O)/C=C\C(=O)OC=CC=CCCCCCCCCCCCCCC. The molecule has 0 radical (unpaired) electrons. The first-order chi connectivity index (χ1) is 21.7. The van der Waals surface area contributed by atoms with Crippen LogP contribution in [-0.2, 0) is 19.1 Å². The molecular formula is C40H68O4. The molecule has 0 aromatic heterocycles. The van der Waals surface area contributed by atoms with E-state index in [2.05, 4.69) is 26.0 Å². The Morgan fingerprint density at radius 3 is 0.955 bits per heavy atom. The van der Waals surface area contributed by atoms with E-state index < -0.39 is 11.9 Å². The summed E-state index contributed by atoms with van der Waals surface area (Å²) in [6.45, 7) is 4.54. The fraction of sp³-hybridized carbons (Fsp3) is 0.700. The van der Waals surface area contributed by atoms with E-state index in [1.165, 1.54) is 167 Å². The predicted molar refractivity (Wildman–Crippen MR) is 189 cm³/mol. The van der Waals surface area contributed by atoms with Gasteiger partial charge in [0.1, 0.15) is 0 Å². The van der Waals surface area contributed by atoms with Gasteiger partial charge in [-0.25, -0.2) is 9.59 Å². The summed E-state index contributed by atoms with van der Waals surface area (Å²) < 4.78 is 9.91. The molecule has 0 aliphatic rings. The molecule has 0 aliphatic carbocycles. The Morgan fingerprint density at radius 2 is 0.659 bits per heavy atom. The summed E-state index contributed by atoms with van der Waals surface area (Å²) in [6.07, 6.45) is 50.7. The number of carbonyl (C=O) groups is 2. The third-order valence-corrected chi connectivity index (χ3v) is 7.82. The Kier molecular flexibility index (Phi) is 34.9. The van der Waals surface area contributed by atoms with E-state index in [4.69, 9.17) is 9.47 Å². The summed E-state index contributed by atoms with van der Waals surface area (Å²) in [4.78, 5) is 23.4. The molecule has 0 fully saturated rings. The normalized spacial score (nSPS) is 12.1. The van der Waals surface area contributed by atoms with Crippen molar-refractivity contribution >= 4 is 11.9 Å². The fourth-order valence-electron chi connectivity index (χ4n) is 5.07. The minimum Gasteiger partial charge on any atom is -0.431 e. The van der Waals surface area contributed by atoms with Crippen molar-refractivity contribution in [3.05, 3.63) is 61.1 Å².